The minimum Gasteiger partial charge on any atom is -0.410 e. The van der Waals surface area contributed by atoms with Crippen LogP contribution in [0.25, 0.3) is 0 Å². The second-order valence-corrected chi connectivity index (χ2v) is 5.38. The third-order valence-electron chi connectivity index (χ3n) is 3.76. The Bertz CT molecular complexity index is 744. The van der Waals surface area contributed by atoms with Crippen molar-refractivity contribution in [3.8, 4) is 11.8 Å². The average molecular weight is 323 g/mol. The number of benzene rings is 1. The van der Waals surface area contributed by atoms with Crippen molar-refractivity contribution >= 4 is 11.9 Å². The number of hydrogen-bond donors (Lipinski definition) is 0. The Kier molecular flexibility index (Phi) is 4.87. The molecule has 0 N–H and O–H groups in total. The number of hydrogen-bond acceptors (Lipinski definition) is 6. The van der Waals surface area contributed by atoms with Gasteiger partial charge in [-0.05, 0) is 18.6 Å². The first-order valence-corrected chi connectivity index (χ1v) is 7.75. The Morgan fingerprint density at radius 3 is 2.75 bits per heavy atom. The summed E-state index contributed by atoms with van der Waals surface area (Å²) in [6, 6.07) is 11.0. The van der Waals surface area contributed by atoms with Gasteiger partial charge in [0.2, 0.25) is 0 Å². The summed E-state index contributed by atoms with van der Waals surface area (Å²) in [5.74, 6) is 1.20. The Morgan fingerprint density at radius 1 is 1.12 bits per heavy atom. The molecule has 1 aliphatic rings. The number of nitrogens with zero attached hydrogens (tertiary/aromatic N) is 5. The van der Waals surface area contributed by atoms with Gasteiger partial charge in [-0.25, -0.2) is 9.78 Å². The van der Waals surface area contributed by atoms with Crippen LogP contribution in [-0.4, -0.2) is 47.1 Å². The Labute approximate surface area is 140 Å². The minimum absolute atomic E-state index is 0.289. The van der Waals surface area contributed by atoms with E-state index in [1.54, 1.807) is 23.2 Å². The van der Waals surface area contributed by atoms with E-state index in [0.717, 1.165) is 13.0 Å². The number of amides is 1. The van der Waals surface area contributed by atoms with Crippen LogP contribution in [0, 0.1) is 11.3 Å². The molecule has 0 aliphatic carbocycles. The number of rotatable bonds is 2. The highest BCUT2D eigenvalue weighted by Gasteiger charge is 2.21. The molecule has 3 rings (SSSR count). The number of carbonyl (C=O) groups is 1. The summed E-state index contributed by atoms with van der Waals surface area (Å²) in [7, 11) is 0. The van der Waals surface area contributed by atoms with Crippen LogP contribution in [0.3, 0.4) is 0 Å². The predicted molar refractivity (Wildman–Crippen MR) is 87.6 cm³/mol. The fourth-order valence-electron chi connectivity index (χ4n) is 2.54. The highest BCUT2D eigenvalue weighted by atomic mass is 16.6. The second-order valence-electron chi connectivity index (χ2n) is 5.38. The molecule has 1 aromatic heterocycles. The van der Waals surface area contributed by atoms with Crippen molar-refractivity contribution in [3.05, 3.63) is 48.4 Å². The lowest BCUT2D eigenvalue weighted by Crippen LogP contribution is -2.37. The van der Waals surface area contributed by atoms with Crippen LogP contribution < -0.4 is 9.64 Å². The fraction of sp³-hybridized carbons (Fsp3) is 0.294. The lowest BCUT2D eigenvalue weighted by molar-refractivity contribution is 0.155. The normalized spacial score (nSPS) is 14.6. The molecular weight excluding hydrogens is 306 g/mol. The lowest BCUT2D eigenvalue weighted by Gasteiger charge is -2.22. The van der Waals surface area contributed by atoms with Crippen LogP contribution in [0.1, 0.15) is 12.1 Å². The van der Waals surface area contributed by atoms with E-state index in [-0.39, 0.29) is 11.8 Å². The molecule has 1 amide bonds. The Balaban J connectivity index is 1.62. The van der Waals surface area contributed by atoms with Crippen LogP contribution >= 0.6 is 0 Å². The van der Waals surface area contributed by atoms with Gasteiger partial charge in [0.25, 0.3) is 0 Å². The van der Waals surface area contributed by atoms with Crippen LogP contribution in [0.5, 0.6) is 5.75 Å². The maximum atomic E-state index is 12.3. The largest absolute Gasteiger partial charge is 0.415 e. The van der Waals surface area contributed by atoms with Crippen molar-refractivity contribution in [1.82, 2.24) is 14.9 Å². The summed E-state index contributed by atoms with van der Waals surface area (Å²) in [5, 5.41) is 8.93. The van der Waals surface area contributed by atoms with Gasteiger partial charge in [-0.2, -0.15) is 5.26 Å². The summed E-state index contributed by atoms with van der Waals surface area (Å²) < 4.78 is 5.38. The average Bonchev–Trinajstić information content (AvgIpc) is 2.89. The smallest absolute Gasteiger partial charge is 0.410 e. The Hall–Kier alpha value is -3.14. The summed E-state index contributed by atoms with van der Waals surface area (Å²) in [6.07, 6.45) is 3.52. The second kappa shape index (κ2) is 7.42. The molecule has 122 valence electrons. The molecule has 0 spiro atoms. The number of anilines is 1. The first kappa shape index (κ1) is 15.7. The highest BCUT2D eigenvalue weighted by molar-refractivity contribution is 5.70. The van der Waals surface area contributed by atoms with Gasteiger partial charge in [-0.15, -0.1) is 0 Å². The zero-order chi connectivity index (χ0) is 16.8. The first-order valence-electron chi connectivity index (χ1n) is 7.75. The third-order valence-corrected chi connectivity index (χ3v) is 3.76. The highest BCUT2D eigenvalue weighted by Crippen LogP contribution is 2.15. The summed E-state index contributed by atoms with van der Waals surface area (Å²) in [5.41, 5.74) is 0.289. The van der Waals surface area contributed by atoms with Crippen molar-refractivity contribution in [3.63, 3.8) is 0 Å². The quantitative estimate of drug-likeness (QED) is 0.841. The molecule has 7 heteroatoms. The van der Waals surface area contributed by atoms with Gasteiger partial charge in [-0.1, -0.05) is 18.2 Å². The maximum absolute atomic E-state index is 12.3. The van der Waals surface area contributed by atoms with Gasteiger partial charge in [0, 0.05) is 26.2 Å². The van der Waals surface area contributed by atoms with Crippen molar-refractivity contribution in [2.24, 2.45) is 0 Å². The molecule has 0 atom stereocenters. The summed E-state index contributed by atoms with van der Waals surface area (Å²) in [6.45, 7) is 2.52. The van der Waals surface area contributed by atoms with Gasteiger partial charge < -0.3 is 14.5 Å². The van der Waals surface area contributed by atoms with Crippen molar-refractivity contribution in [2.45, 2.75) is 6.42 Å². The van der Waals surface area contributed by atoms with E-state index in [1.165, 1.54) is 6.20 Å². The summed E-state index contributed by atoms with van der Waals surface area (Å²) in [4.78, 5) is 24.3. The molecule has 0 unspecified atom stereocenters. The van der Waals surface area contributed by atoms with E-state index < -0.39 is 0 Å². The fourth-order valence-corrected chi connectivity index (χ4v) is 2.54. The molecule has 2 aromatic rings. The standard InChI is InChI=1S/C17H17N5O2/c18-11-14-12-19-13-16(20-14)21-7-4-8-22(10-9-21)17(23)24-15-5-2-1-3-6-15/h1-3,5-6,12-13H,4,7-10H2. The molecule has 1 saturated heterocycles. The number of aromatic nitrogens is 2. The molecule has 0 bridgehead atoms. The SMILES string of the molecule is N#Cc1cncc(N2CCCN(C(=O)Oc3ccccc3)CC2)n1. The van der Waals surface area contributed by atoms with Crippen molar-refractivity contribution < 1.29 is 9.53 Å². The van der Waals surface area contributed by atoms with Crippen LogP contribution in [-0.2, 0) is 0 Å². The molecule has 1 aromatic carbocycles. The van der Waals surface area contributed by atoms with E-state index >= 15 is 0 Å². The lowest BCUT2D eigenvalue weighted by atomic mass is 10.3. The molecule has 24 heavy (non-hydrogen) atoms. The minimum atomic E-state index is -0.347. The monoisotopic (exact) mass is 323 g/mol. The number of ether oxygens (including phenoxy) is 1. The van der Waals surface area contributed by atoms with Gasteiger partial charge >= 0.3 is 6.09 Å². The van der Waals surface area contributed by atoms with E-state index in [0.29, 0.717) is 31.2 Å². The topological polar surface area (TPSA) is 82.4 Å². The molecule has 1 fully saturated rings. The zero-order valence-corrected chi connectivity index (χ0v) is 13.1. The van der Waals surface area contributed by atoms with Gasteiger partial charge in [-0.3, -0.25) is 4.98 Å². The number of nitriles is 1. The third kappa shape index (κ3) is 3.79. The van der Waals surface area contributed by atoms with E-state index in [1.807, 2.05) is 29.2 Å². The molecule has 0 saturated carbocycles. The van der Waals surface area contributed by atoms with Gasteiger partial charge in [0.1, 0.15) is 17.6 Å². The van der Waals surface area contributed by atoms with Crippen LogP contribution in [0.4, 0.5) is 10.6 Å². The predicted octanol–water partition coefficient (Wildman–Crippen LogP) is 2.06. The van der Waals surface area contributed by atoms with Gasteiger partial charge in [0.15, 0.2) is 5.69 Å². The Morgan fingerprint density at radius 2 is 1.96 bits per heavy atom. The maximum Gasteiger partial charge on any atom is 0.415 e. The van der Waals surface area contributed by atoms with E-state index in [2.05, 4.69) is 9.97 Å². The van der Waals surface area contributed by atoms with Crippen molar-refractivity contribution in [1.29, 1.82) is 5.26 Å². The molecular formula is C17H17N5O2. The van der Waals surface area contributed by atoms with Gasteiger partial charge in [0.05, 0.1) is 12.4 Å². The number of para-hydroxylation sites is 1. The molecule has 2 heterocycles. The summed E-state index contributed by atoms with van der Waals surface area (Å²) >= 11 is 0. The first-order chi connectivity index (χ1) is 11.8. The van der Waals surface area contributed by atoms with Crippen molar-refractivity contribution in [2.75, 3.05) is 31.1 Å². The van der Waals surface area contributed by atoms with Crippen LogP contribution in [0.2, 0.25) is 0 Å². The van der Waals surface area contributed by atoms with Crippen LogP contribution in [0.15, 0.2) is 42.7 Å². The molecule has 7 nitrogen and oxygen atoms in total. The molecule has 1 aliphatic heterocycles. The van der Waals surface area contributed by atoms with E-state index in [4.69, 9.17) is 10.00 Å². The molecule has 0 radical (unpaired) electrons. The van der Waals surface area contributed by atoms with E-state index in [9.17, 15) is 4.79 Å². The number of carbonyl (C=O) groups excluding carboxylic acids is 1. The zero-order valence-electron chi connectivity index (χ0n) is 13.1.